The van der Waals surface area contributed by atoms with Crippen molar-refractivity contribution in [1.82, 2.24) is 5.32 Å². The van der Waals surface area contributed by atoms with E-state index in [4.69, 9.17) is 9.15 Å². The van der Waals surface area contributed by atoms with Gasteiger partial charge in [0.1, 0.15) is 22.9 Å². The molecule has 0 spiro atoms. The van der Waals surface area contributed by atoms with Crippen molar-refractivity contribution in [2.45, 2.75) is 24.9 Å². The molecule has 0 unspecified atom stereocenters. The number of rotatable bonds is 6. The molecule has 2 aromatic carbocycles. The SMILES string of the molecule is CCOC(=O)[C@]1(Cc2ccc(O)cc2)N[C@H](c2ccco2)[C@H]2C(=O)N(c3ccccc3F)C(=O)[C@@H]21. The van der Waals surface area contributed by atoms with Crippen LogP contribution in [0.1, 0.15) is 24.3 Å². The first kappa shape index (κ1) is 22.8. The van der Waals surface area contributed by atoms with E-state index in [1.807, 2.05) is 0 Å². The van der Waals surface area contributed by atoms with Crippen LogP contribution in [0.4, 0.5) is 10.1 Å². The van der Waals surface area contributed by atoms with Crippen molar-refractivity contribution in [3.63, 3.8) is 0 Å². The zero-order valence-electron chi connectivity index (χ0n) is 18.8. The molecular weight excluding hydrogens is 455 g/mol. The predicted molar refractivity (Wildman–Crippen MR) is 122 cm³/mol. The van der Waals surface area contributed by atoms with Crippen LogP contribution in [-0.2, 0) is 25.5 Å². The van der Waals surface area contributed by atoms with E-state index in [1.54, 1.807) is 31.2 Å². The van der Waals surface area contributed by atoms with Crippen molar-refractivity contribution in [3.05, 3.63) is 84.1 Å². The highest BCUT2D eigenvalue weighted by Crippen LogP contribution is 2.51. The predicted octanol–water partition coefficient (Wildman–Crippen LogP) is 3.12. The number of phenols is 1. The minimum absolute atomic E-state index is 0.00534. The molecule has 3 heterocycles. The second kappa shape index (κ2) is 8.66. The number of phenolic OH excluding ortho intramolecular Hbond substituents is 1. The number of nitrogens with one attached hydrogen (secondary N) is 1. The number of aromatic hydroxyl groups is 1. The van der Waals surface area contributed by atoms with Crippen molar-refractivity contribution in [2.24, 2.45) is 11.8 Å². The lowest BCUT2D eigenvalue weighted by Crippen LogP contribution is -2.58. The third kappa shape index (κ3) is 3.59. The summed E-state index contributed by atoms with van der Waals surface area (Å²) in [6.07, 6.45) is 1.43. The second-order valence-corrected chi connectivity index (χ2v) is 8.64. The zero-order valence-corrected chi connectivity index (χ0v) is 18.8. The molecule has 2 aliphatic heterocycles. The highest BCUT2D eigenvalue weighted by molar-refractivity contribution is 6.24. The van der Waals surface area contributed by atoms with E-state index in [0.717, 1.165) is 4.90 Å². The molecule has 2 N–H and O–H groups in total. The number of anilines is 1. The zero-order chi connectivity index (χ0) is 24.7. The molecule has 0 saturated carbocycles. The number of halogens is 1. The van der Waals surface area contributed by atoms with E-state index >= 15 is 0 Å². The van der Waals surface area contributed by atoms with Gasteiger partial charge in [-0.1, -0.05) is 24.3 Å². The molecule has 0 bridgehead atoms. The highest BCUT2D eigenvalue weighted by Gasteiger charge is 2.69. The molecule has 5 rings (SSSR count). The Morgan fingerprint density at radius 3 is 2.51 bits per heavy atom. The quantitative estimate of drug-likeness (QED) is 0.414. The van der Waals surface area contributed by atoms with Crippen LogP contribution in [0.2, 0.25) is 0 Å². The van der Waals surface area contributed by atoms with Gasteiger partial charge in [0.2, 0.25) is 11.8 Å². The Morgan fingerprint density at radius 2 is 1.86 bits per heavy atom. The third-order valence-corrected chi connectivity index (χ3v) is 6.66. The minimum atomic E-state index is -1.64. The largest absolute Gasteiger partial charge is 0.508 e. The maximum absolute atomic E-state index is 14.7. The topological polar surface area (TPSA) is 109 Å². The van der Waals surface area contributed by atoms with Crippen molar-refractivity contribution in [2.75, 3.05) is 11.5 Å². The number of imide groups is 1. The lowest BCUT2D eigenvalue weighted by atomic mass is 9.76. The normalized spacial score (nSPS) is 25.7. The summed E-state index contributed by atoms with van der Waals surface area (Å²) in [6.45, 7) is 1.70. The van der Waals surface area contributed by atoms with Crippen molar-refractivity contribution >= 4 is 23.5 Å². The Kier molecular flexibility index (Phi) is 5.64. The van der Waals surface area contributed by atoms with Gasteiger partial charge in [0.15, 0.2) is 0 Å². The van der Waals surface area contributed by atoms with Gasteiger partial charge in [0.05, 0.1) is 36.4 Å². The monoisotopic (exact) mass is 478 g/mol. The van der Waals surface area contributed by atoms with E-state index in [9.17, 15) is 23.9 Å². The lowest BCUT2D eigenvalue weighted by molar-refractivity contribution is -0.154. The Labute approximate surface area is 200 Å². The summed E-state index contributed by atoms with van der Waals surface area (Å²) in [6, 6.07) is 14.2. The maximum atomic E-state index is 14.7. The van der Waals surface area contributed by atoms with Crippen LogP contribution in [-0.4, -0.2) is 35.0 Å². The number of benzene rings is 2. The Bertz CT molecular complexity index is 1280. The van der Waals surface area contributed by atoms with Crippen LogP contribution in [0, 0.1) is 17.7 Å². The summed E-state index contributed by atoms with van der Waals surface area (Å²) < 4.78 is 25.7. The van der Waals surface area contributed by atoms with Gasteiger partial charge in [-0.15, -0.1) is 0 Å². The Morgan fingerprint density at radius 1 is 1.11 bits per heavy atom. The first-order chi connectivity index (χ1) is 16.9. The minimum Gasteiger partial charge on any atom is -0.508 e. The van der Waals surface area contributed by atoms with E-state index in [0.29, 0.717) is 11.3 Å². The standard InChI is InChI=1S/C26H23FN2O6/c1-2-34-25(33)26(14-15-9-11-16(30)12-10-15)21-20(22(28-26)19-8-5-13-35-19)23(31)29(24(21)32)18-7-4-3-6-17(18)27/h3-13,20-22,28,30H,2,14H2,1H3/t20-,21+,22+,26+/m0/s1. The number of para-hydroxylation sites is 1. The van der Waals surface area contributed by atoms with Crippen LogP contribution < -0.4 is 10.2 Å². The molecule has 9 heteroatoms. The average Bonchev–Trinajstić information content (AvgIpc) is 3.54. The molecule has 2 amide bonds. The van der Waals surface area contributed by atoms with Crippen LogP contribution in [0.5, 0.6) is 5.75 Å². The van der Waals surface area contributed by atoms with Gasteiger partial charge in [-0.25, -0.2) is 9.29 Å². The van der Waals surface area contributed by atoms with E-state index in [2.05, 4.69) is 5.32 Å². The van der Waals surface area contributed by atoms with Crippen molar-refractivity contribution < 1.29 is 33.0 Å². The molecule has 2 saturated heterocycles. The van der Waals surface area contributed by atoms with Crippen LogP contribution in [0.3, 0.4) is 0 Å². The van der Waals surface area contributed by atoms with Gasteiger partial charge >= 0.3 is 5.97 Å². The Balaban J connectivity index is 1.67. The average molecular weight is 478 g/mol. The maximum Gasteiger partial charge on any atom is 0.327 e. The Hall–Kier alpha value is -3.98. The number of hydrogen-bond acceptors (Lipinski definition) is 7. The number of furan rings is 1. The van der Waals surface area contributed by atoms with Crippen LogP contribution >= 0.6 is 0 Å². The summed E-state index contributed by atoms with van der Waals surface area (Å²) in [5, 5.41) is 12.9. The first-order valence-corrected chi connectivity index (χ1v) is 11.3. The summed E-state index contributed by atoms with van der Waals surface area (Å²) in [4.78, 5) is 41.9. The molecule has 8 nitrogen and oxygen atoms in total. The van der Waals surface area contributed by atoms with Crippen LogP contribution in [0.25, 0.3) is 0 Å². The molecule has 2 aliphatic rings. The van der Waals surface area contributed by atoms with Gasteiger partial charge in [-0.05, 0) is 48.9 Å². The smallest absolute Gasteiger partial charge is 0.327 e. The summed E-state index contributed by atoms with van der Waals surface area (Å²) in [7, 11) is 0. The van der Waals surface area contributed by atoms with Gasteiger partial charge < -0.3 is 14.3 Å². The molecule has 3 aromatic rings. The highest BCUT2D eigenvalue weighted by atomic mass is 19.1. The summed E-state index contributed by atoms with van der Waals surface area (Å²) in [5.74, 6) is -4.55. The molecule has 0 radical (unpaired) electrons. The fourth-order valence-corrected chi connectivity index (χ4v) is 5.20. The number of hydrogen-bond donors (Lipinski definition) is 2. The number of ether oxygens (including phenoxy) is 1. The molecule has 35 heavy (non-hydrogen) atoms. The number of carbonyl (C=O) groups is 3. The van der Waals surface area contributed by atoms with Crippen molar-refractivity contribution in [3.8, 4) is 5.75 Å². The number of fused-ring (bicyclic) bond motifs is 1. The fourth-order valence-electron chi connectivity index (χ4n) is 5.20. The molecule has 1 aromatic heterocycles. The number of esters is 1. The summed E-state index contributed by atoms with van der Waals surface area (Å²) >= 11 is 0. The number of nitrogens with zero attached hydrogens (tertiary/aromatic N) is 1. The van der Waals surface area contributed by atoms with E-state index in [1.165, 1.54) is 42.7 Å². The van der Waals surface area contributed by atoms with Crippen LogP contribution in [0.15, 0.2) is 71.3 Å². The van der Waals surface area contributed by atoms with E-state index in [-0.39, 0.29) is 24.5 Å². The van der Waals surface area contributed by atoms with Gasteiger partial charge in [-0.3, -0.25) is 19.7 Å². The molecular formula is C26H23FN2O6. The van der Waals surface area contributed by atoms with E-state index < -0.39 is 47.0 Å². The molecule has 2 fully saturated rings. The fraction of sp³-hybridized carbons (Fsp3) is 0.269. The first-order valence-electron chi connectivity index (χ1n) is 11.3. The van der Waals surface area contributed by atoms with Crippen molar-refractivity contribution in [1.29, 1.82) is 0 Å². The van der Waals surface area contributed by atoms with Gasteiger partial charge in [0, 0.05) is 6.42 Å². The van der Waals surface area contributed by atoms with Gasteiger partial charge in [0.25, 0.3) is 0 Å². The molecule has 4 atom stereocenters. The molecule has 0 aliphatic carbocycles. The number of carbonyl (C=O) groups excluding carboxylic acids is 3. The molecule has 180 valence electrons. The second-order valence-electron chi connectivity index (χ2n) is 8.64. The number of amides is 2. The lowest BCUT2D eigenvalue weighted by Gasteiger charge is -2.33. The summed E-state index contributed by atoms with van der Waals surface area (Å²) in [5.41, 5.74) is -1.17. The third-order valence-electron chi connectivity index (χ3n) is 6.66. The van der Waals surface area contributed by atoms with Gasteiger partial charge in [-0.2, -0.15) is 0 Å².